The minimum Gasteiger partial charge on any atom is -0.322 e. The lowest BCUT2D eigenvalue weighted by Crippen LogP contribution is -2.27. The second kappa shape index (κ2) is 5.29. The number of fused-ring (bicyclic) bond motifs is 1. The molecule has 0 spiro atoms. The van der Waals surface area contributed by atoms with Crippen LogP contribution in [0.25, 0.3) is 11.0 Å². The first-order valence-electron chi connectivity index (χ1n) is 6.33. The topological polar surface area (TPSA) is 17.8 Å². The van der Waals surface area contributed by atoms with Gasteiger partial charge in [-0.3, -0.25) is 0 Å². The Kier molecular flexibility index (Phi) is 4.07. The number of alkyl halides is 1. The van der Waals surface area contributed by atoms with Crippen LogP contribution in [0.2, 0.25) is 5.02 Å². The van der Waals surface area contributed by atoms with Crippen molar-refractivity contribution in [2.45, 2.75) is 39.2 Å². The highest BCUT2D eigenvalue weighted by Gasteiger charge is 2.24. The van der Waals surface area contributed by atoms with Crippen molar-refractivity contribution < 1.29 is 4.39 Å². The predicted molar refractivity (Wildman–Crippen MR) is 78.7 cm³/mol. The molecule has 104 valence electrons. The third kappa shape index (κ3) is 2.59. The first-order valence-corrected chi connectivity index (χ1v) is 7.24. The summed E-state index contributed by atoms with van der Waals surface area (Å²) in [7, 11) is 0. The quantitative estimate of drug-likeness (QED) is 0.745. The standard InChI is InChI=1S/C14H17Cl2FN2/c1-4-14(2,3)19-12-8-10(17)9(16)7-11(12)18-13(19)5-6-15/h7-8H,4-6H2,1-3H3. The maximum Gasteiger partial charge on any atom is 0.144 e. The molecule has 0 atom stereocenters. The van der Waals surface area contributed by atoms with Crippen molar-refractivity contribution >= 4 is 34.2 Å². The highest BCUT2D eigenvalue weighted by Crippen LogP contribution is 2.31. The Morgan fingerprint density at radius 1 is 1.37 bits per heavy atom. The van der Waals surface area contributed by atoms with E-state index in [1.54, 1.807) is 6.07 Å². The molecule has 0 bridgehead atoms. The molecule has 0 unspecified atom stereocenters. The Labute approximate surface area is 122 Å². The van der Waals surface area contributed by atoms with Gasteiger partial charge in [-0.05, 0) is 26.3 Å². The van der Waals surface area contributed by atoms with Gasteiger partial charge < -0.3 is 4.57 Å². The van der Waals surface area contributed by atoms with E-state index in [2.05, 4.69) is 30.3 Å². The van der Waals surface area contributed by atoms with Crippen molar-refractivity contribution in [3.63, 3.8) is 0 Å². The van der Waals surface area contributed by atoms with Gasteiger partial charge in [0.2, 0.25) is 0 Å². The molecule has 0 aliphatic carbocycles. The van der Waals surface area contributed by atoms with Gasteiger partial charge in [0.1, 0.15) is 11.6 Å². The fourth-order valence-electron chi connectivity index (χ4n) is 2.21. The summed E-state index contributed by atoms with van der Waals surface area (Å²) in [5, 5.41) is 0.101. The number of nitrogens with zero attached hydrogens (tertiary/aromatic N) is 2. The van der Waals surface area contributed by atoms with E-state index >= 15 is 0 Å². The molecule has 0 aliphatic rings. The summed E-state index contributed by atoms with van der Waals surface area (Å²) in [6.45, 7) is 6.32. The Morgan fingerprint density at radius 3 is 2.63 bits per heavy atom. The number of benzene rings is 1. The van der Waals surface area contributed by atoms with Gasteiger partial charge in [0.05, 0.1) is 16.1 Å². The van der Waals surface area contributed by atoms with Gasteiger partial charge in [0.25, 0.3) is 0 Å². The van der Waals surface area contributed by atoms with Crippen LogP contribution in [0.3, 0.4) is 0 Å². The monoisotopic (exact) mass is 302 g/mol. The van der Waals surface area contributed by atoms with Crippen LogP contribution < -0.4 is 0 Å². The molecule has 0 N–H and O–H groups in total. The predicted octanol–water partition coefficient (Wildman–Crippen LogP) is 4.76. The summed E-state index contributed by atoms with van der Waals surface area (Å²) in [4.78, 5) is 4.55. The largest absolute Gasteiger partial charge is 0.322 e. The van der Waals surface area contributed by atoms with E-state index in [0.717, 1.165) is 17.8 Å². The van der Waals surface area contributed by atoms with Gasteiger partial charge in [0.15, 0.2) is 0 Å². The molecule has 5 heteroatoms. The lowest BCUT2D eigenvalue weighted by Gasteiger charge is -2.28. The van der Waals surface area contributed by atoms with E-state index in [1.807, 2.05) is 0 Å². The summed E-state index contributed by atoms with van der Waals surface area (Å²) in [6.07, 6.45) is 1.57. The van der Waals surface area contributed by atoms with E-state index in [0.29, 0.717) is 17.8 Å². The highest BCUT2D eigenvalue weighted by molar-refractivity contribution is 6.31. The molecule has 2 nitrogen and oxygen atoms in total. The smallest absolute Gasteiger partial charge is 0.144 e. The Hall–Kier alpha value is -0.800. The van der Waals surface area contributed by atoms with Gasteiger partial charge >= 0.3 is 0 Å². The van der Waals surface area contributed by atoms with E-state index < -0.39 is 5.82 Å². The number of aryl methyl sites for hydroxylation is 1. The average Bonchev–Trinajstić information content (AvgIpc) is 2.68. The van der Waals surface area contributed by atoms with Crippen molar-refractivity contribution in [1.82, 2.24) is 9.55 Å². The molecule has 2 rings (SSSR count). The number of halogens is 3. The first-order chi connectivity index (χ1) is 8.90. The number of hydrogen-bond acceptors (Lipinski definition) is 1. The lowest BCUT2D eigenvalue weighted by molar-refractivity contribution is 0.342. The van der Waals surface area contributed by atoms with Crippen LogP contribution in [-0.2, 0) is 12.0 Å². The summed E-state index contributed by atoms with van der Waals surface area (Å²) in [5.74, 6) is 0.942. The molecule has 0 radical (unpaired) electrons. The molecular weight excluding hydrogens is 286 g/mol. The van der Waals surface area contributed by atoms with Crippen molar-refractivity contribution in [3.05, 3.63) is 28.8 Å². The molecule has 0 aliphatic heterocycles. The molecule has 0 saturated heterocycles. The van der Waals surface area contributed by atoms with Gasteiger partial charge in [0, 0.05) is 23.9 Å². The molecule has 1 aromatic carbocycles. The summed E-state index contributed by atoms with van der Waals surface area (Å²) < 4.78 is 15.8. The second-order valence-corrected chi connectivity index (χ2v) is 6.01. The minimum atomic E-state index is -0.417. The normalized spacial score (nSPS) is 12.3. The van der Waals surface area contributed by atoms with Crippen molar-refractivity contribution in [3.8, 4) is 0 Å². The van der Waals surface area contributed by atoms with Crippen molar-refractivity contribution in [2.75, 3.05) is 5.88 Å². The third-order valence-corrected chi connectivity index (χ3v) is 4.03. The van der Waals surface area contributed by atoms with E-state index in [4.69, 9.17) is 23.2 Å². The number of hydrogen-bond donors (Lipinski definition) is 0. The molecule has 0 fully saturated rings. The van der Waals surface area contributed by atoms with Crippen LogP contribution >= 0.6 is 23.2 Å². The van der Waals surface area contributed by atoms with Crippen LogP contribution in [0.1, 0.15) is 33.0 Å². The van der Waals surface area contributed by atoms with Crippen LogP contribution in [0.4, 0.5) is 4.39 Å². The maximum absolute atomic E-state index is 13.7. The van der Waals surface area contributed by atoms with E-state index in [1.165, 1.54) is 6.07 Å². The minimum absolute atomic E-state index is 0.101. The van der Waals surface area contributed by atoms with Crippen molar-refractivity contribution in [2.24, 2.45) is 0 Å². The molecular formula is C14H17Cl2FN2. The summed E-state index contributed by atoms with van der Waals surface area (Å²) in [6, 6.07) is 3.03. The number of rotatable bonds is 4. The first kappa shape index (κ1) is 14.6. The Morgan fingerprint density at radius 2 is 2.05 bits per heavy atom. The molecule has 1 aromatic heterocycles. The number of imidazole rings is 1. The Bertz CT molecular complexity index is 605. The molecule has 0 amide bonds. The van der Waals surface area contributed by atoms with Crippen molar-refractivity contribution in [1.29, 1.82) is 0 Å². The SMILES string of the molecule is CCC(C)(C)n1c(CCCl)nc2cc(Cl)c(F)cc21. The Balaban J connectivity index is 2.76. The maximum atomic E-state index is 13.7. The van der Waals surface area contributed by atoms with Crippen LogP contribution in [-0.4, -0.2) is 15.4 Å². The fraction of sp³-hybridized carbons (Fsp3) is 0.500. The zero-order chi connectivity index (χ0) is 14.2. The van der Waals surface area contributed by atoms with Crippen LogP contribution in [0, 0.1) is 5.82 Å². The highest BCUT2D eigenvalue weighted by atomic mass is 35.5. The molecule has 2 aromatic rings. The fourth-order valence-corrected chi connectivity index (χ4v) is 2.54. The van der Waals surface area contributed by atoms with Crippen LogP contribution in [0.5, 0.6) is 0 Å². The van der Waals surface area contributed by atoms with E-state index in [-0.39, 0.29) is 10.6 Å². The molecule has 0 saturated carbocycles. The van der Waals surface area contributed by atoms with Gasteiger partial charge in [-0.25, -0.2) is 9.37 Å². The average molecular weight is 303 g/mol. The van der Waals surface area contributed by atoms with E-state index in [9.17, 15) is 4.39 Å². The van der Waals surface area contributed by atoms with Gasteiger partial charge in [-0.2, -0.15) is 0 Å². The number of aromatic nitrogens is 2. The zero-order valence-electron chi connectivity index (χ0n) is 11.3. The van der Waals surface area contributed by atoms with Gasteiger partial charge in [-0.1, -0.05) is 18.5 Å². The lowest BCUT2D eigenvalue weighted by atomic mass is 10.0. The summed E-state index contributed by atoms with van der Waals surface area (Å²) in [5.41, 5.74) is 1.35. The third-order valence-electron chi connectivity index (χ3n) is 3.55. The zero-order valence-corrected chi connectivity index (χ0v) is 12.8. The summed E-state index contributed by atoms with van der Waals surface area (Å²) >= 11 is 11.7. The van der Waals surface area contributed by atoms with Crippen LogP contribution in [0.15, 0.2) is 12.1 Å². The molecule has 19 heavy (non-hydrogen) atoms. The van der Waals surface area contributed by atoms with Gasteiger partial charge in [-0.15, -0.1) is 11.6 Å². The molecule has 1 heterocycles. The second-order valence-electron chi connectivity index (χ2n) is 5.22.